The zero-order valence-corrected chi connectivity index (χ0v) is 32.2. The van der Waals surface area contributed by atoms with Crippen molar-refractivity contribution in [2.45, 2.75) is 54.5 Å². The Hall–Kier alpha value is -4.34. The second-order valence-electron chi connectivity index (χ2n) is 13.1. The Labute approximate surface area is 322 Å². The number of fused-ring (bicyclic) bond motifs is 3. The molecule has 3 aromatic heterocycles. The number of aryl methyl sites for hydroxylation is 2. The number of hydrogen-bond donors (Lipinski definition) is 0. The summed E-state index contributed by atoms with van der Waals surface area (Å²) in [4.78, 5) is 8.68. The molecule has 1 fully saturated rings. The molecule has 8 rings (SSSR count). The average molecular weight is 899 g/mol. The van der Waals surface area contributed by atoms with Crippen molar-refractivity contribution in [3.63, 3.8) is 0 Å². The molecule has 1 aliphatic rings. The molecule has 1 saturated heterocycles. The first-order valence-electron chi connectivity index (χ1n) is 20.3. The summed E-state index contributed by atoms with van der Waals surface area (Å²) >= 11 is -1.94. The molecule has 0 spiro atoms. The molecule has 4 aromatic carbocycles. The van der Waals surface area contributed by atoms with E-state index in [1.54, 1.807) is 36.5 Å². The van der Waals surface area contributed by atoms with Gasteiger partial charge in [-0.3, -0.25) is 0 Å². The van der Waals surface area contributed by atoms with Gasteiger partial charge in [0, 0.05) is 31.7 Å². The maximum atomic E-state index is 9.35. The van der Waals surface area contributed by atoms with Crippen molar-refractivity contribution in [2.75, 3.05) is 0 Å². The van der Waals surface area contributed by atoms with Gasteiger partial charge in [0.25, 0.3) is 0 Å². The van der Waals surface area contributed by atoms with Gasteiger partial charge in [0.1, 0.15) is 5.58 Å². The molecule has 0 atom stereocenters. The molecule has 0 amide bonds. The van der Waals surface area contributed by atoms with Crippen LogP contribution in [-0.4, -0.2) is 23.2 Å². The standard InChI is InChI=1S/C33H31GeN2O.C11H8N.Ir/c1-21-16-25(24-12-14-34(3,4)15-13-24)9-11-26(21)30-18-31(36-20-22(30)2)29-7-5-6-28-27-10-8-23(19-35)17-32(27)37-33(28)29;1-2-6-10(7-3-1)11-8-4-5-9-12-11;/h5-6,8-11,16-18,20,24H,12-15H2,1-4H3;1-6,8-9H;/q2*-1;/i1D3,2D3,11D,24D;;. The van der Waals surface area contributed by atoms with Crippen LogP contribution >= 0.6 is 0 Å². The Kier molecular flexibility index (Phi) is 8.09. The smallest absolute Gasteiger partial charge is 0.0160 e. The van der Waals surface area contributed by atoms with Gasteiger partial charge in [0.05, 0.1) is 11.6 Å². The van der Waals surface area contributed by atoms with E-state index in [1.807, 2.05) is 48.5 Å². The van der Waals surface area contributed by atoms with E-state index in [2.05, 4.69) is 39.7 Å². The van der Waals surface area contributed by atoms with Crippen LogP contribution in [0.5, 0.6) is 0 Å². The van der Waals surface area contributed by atoms with E-state index in [9.17, 15) is 6.63 Å². The van der Waals surface area contributed by atoms with Crippen LogP contribution in [0, 0.1) is 37.2 Å². The summed E-state index contributed by atoms with van der Waals surface area (Å²) < 4.78 is 74.6. The van der Waals surface area contributed by atoms with E-state index in [1.165, 1.54) is 18.3 Å². The molecule has 7 aromatic rings. The second-order valence-corrected chi connectivity index (χ2v) is 24.3. The molecule has 6 heteroatoms. The molecule has 4 heterocycles. The maximum absolute atomic E-state index is 9.35. The van der Waals surface area contributed by atoms with Crippen molar-refractivity contribution in [1.82, 2.24) is 9.97 Å². The largest absolute Gasteiger partial charge is 0.305 e. The molecule has 1 radical (unpaired) electrons. The van der Waals surface area contributed by atoms with E-state index < -0.39 is 32.9 Å². The van der Waals surface area contributed by atoms with Gasteiger partial charge in [-0.1, -0.05) is 23.6 Å². The first-order valence-corrected chi connectivity index (χ1v) is 23.5. The average Bonchev–Trinajstić information content (AvgIpc) is 3.57. The number of benzene rings is 4. The molecule has 50 heavy (non-hydrogen) atoms. The molecule has 0 unspecified atom stereocenters. The quantitative estimate of drug-likeness (QED) is 0.130. The zero-order chi connectivity index (χ0) is 40.8. The van der Waals surface area contributed by atoms with Crippen LogP contribution < -0.4 is 0 Å². The third kappa shape index (κ3) is 7.54. The van der Waals surface area contributed by atoms with Crippen LogP contribution in [0.25, 0.3) is 55.6 Å². The number of pyridine rings is 2. The molecule has 0 bridgehead atoms. The summed E-state index contributed by atoms with van der Waals surface area (Å²) in [6.45, 7) is -5.33. The van der Waals surface area contributed by atoms with Gasteiger partial charge in [-0.2, -0.15) is 5.26 Å². The van der Waals surface area contributed by atoms with Crippen molar-refractivity contribution in [2.24, 2.45) is 0 Å². The van der Waals surface area contributed by atoms with E-state index in [0.29, 0.717) is 46.4 Å². The number of furan rings is 1. The SMILES string of the molecule is [2H]c1cc(C2([2H])C[CH2][Ge]([CH3])([CH3])[CH2]C2)cc(C([2H])([2H])[2H])c1-c1cc(-c2[c-]ccc3c2oc2cc(C#N)ccc23)ncc1C([2H])([2H])[2H].[Ir].[c-]1ccccc1-c1ccccn1. The Bertz CT molecular complexity index is 2590. The monoisotopic (exact) mass is 900 g/mol. The molecule has 0 saturated carbocycles. The van der Waals surface area contributed by atoms with Crippen molar-refractivity contribution in [1.29, 1.82) is 5.26 Å². The third-order valence-corrected chi connectivity index (χ3v) is 15.9. The fourth-order valence-electron chi connectivity index (χ4n) is 6.32. The normalized spacial score (nSPS) is 17.5. The molecule has 0 N–H and O–H groups in total. The van der Waals surface area contributed by atoms with Gasteiger partial charge in [-0.15, -0.1) is 48.0 Å². The molecule has 4 nitrogen and oxygen atoms in total. The first-order chi connectivity index (χ1) is 27.0. The van der Waals surface area contributed by atoms with E-state index in [4.69, 9.17) is 14.0 Å². The van der Waals surface area contributed by atoms with Crippen LogP contribution in [0.15, 0.2) is 114 Å². The Balaban J connectivity index is 0.000000372. The summed E-state index contributed by atoms with van der Waals surface area (Å²) in [5, 5.41) is 12.9. The number of rotatable bonds is 4. The van der Waals surface area contributed by atoms with Gasteiger partial charge >= 0.3 is 165 Å². The Morgan fingerprint density at radius 3 is 2.46 bits per heavy atom. The van der Waals surface area contributed by atoms with Gasteiger partial charge in [0.15, 0.2) is 0 Å². The predicted octanol–water partition coefficient (Wildman–Crippen LogP) is 11.7. The minimum absolute atomic E-state index is 0. The fraction of sp³-hybridized carbons (Fsp3) is 0.205. The zero-order valence-electron chi connectivity index (χ0n) is 35.7. The topological polar surface area (TPSA) is 62.7 Å². The number of nitrogens with zero attached hydrogens (tertiary/aromatic N) is 3. The van der Waals surface area contributed by atoms with Crippen LogP contribution in [-0.2, 0) is 20.1 Å². The summed E-state index contributed by atoms with van der Waals surface area (Å²) in [5.41, 5.74) is 4.31. The van der Waals surface area contributed by atoms with Gasteiger partial charge < -0.3 is 9.40 Å². The summed E-state index contributed by atoms with van der Waals surface area (Å²) in [6.07, 6.45) is 4.23. The van der Waals surface area contributed by atoms with Gasteiger partial charge in [0.2, 0.25) is 0 Å². The second kappa shape index (κ2) is 15.3. The Morgan fingerprint density at radius 1 is 0.880 bits per heavy atom. The van der Waals surface area contributed by atoms with Crippen molar-refractivity contribution >= 4 is 35.2 Å². The predicted molar refractivity (Wildman–Crippen MR) is 203 cm³/mol. The van der Waals surface area contributed by atoms with E-state index >= 15 is 0 Å². The van der Waals surface area contributed by atoms with Crippen molar-refractivity contribution in [3.05, 3.63) is 144 Å². The third-order valence-electron chi connectivity index (χ3n) is 9.20. The fourth-order valence-corrected chi connectivity index (χ4v) is 10.9. The van der Waals surface area contributed by atoms with Crippen molar-refractivity contribution < 1.29 is 35.5 Å². The summed E-state index contributed by atoms with van der Waals surface area (Å²) in [5.74, 6) is 3.69. The number of aromatic nitrogens is 2. The molecular weight excluding hydrogens is 851 g/mol. The summed E-state index contributed by atoms with van der Waals surface area (Å²) in [6, 6.07) is 35.1. The van der Waals surface area contributed by atoms with Gasteiger partial charge in [-0.05, 0) is 23.9 Å². The summed E-state index contributed by atoms with van der Waals surface area (Å²) in [7, 11) is 0. The van der Waals surface area contributed by atoms with Crippen molar-refractivity contribution in [3.8, 4) is 39.7 Å². The van der Waals surface area contributed by atoms with Crippen LogP contribution in [0.1, 0.15) is 52.0 Å². The van der Waals surface area contributed by atoms with Gasteiger partial charge in [-0.25, -0.2) is 0 Å². The minimum Gasteiger partial charge on any atom is -0.305 e. The molecular formula is C44H39GeIrN3O-2. The van der Waals surface area contributed by atoms with Crippen LogP contribution in [0.4, 0.5) is 0 Å². The van der Waals surface area contributed by atoms with Crippen LogP contribution in [0.2, 0.25) is 22.0 Å². The van der Waals surface area contributed by atoms with E-state index in [0.717, 1.165) is 32.5 Å². The minimum atomic E-state index is -2.68. The molecule has 0 aliphatic carbocycles. The Morgan fingerprint density at radius 2 is 1.72 bits per heavy atom. The number of hydrogen-bond acceptors (Lipinski definition) is 4. The van der Waals surface area contributed by atoms with E-state index in [-0.39, 0.29) is 48.4 Å². The molecule has 1 aliphatic heterocycles. The molecule has 251 valence electrons. The van der Waals surface area contributed by atoms with Crippen LogP contribution in [0.3, 0.4) is 0 Å². The number of nitriles is 1. The maximum Gasteiger partial charge on any atom is 0.0160 e. The first kappa shape index (κ1) is 26.5.